The van der Waals surface area contributed by atoms with Gasteiger partial charge in [-0.25, -0.2) is 10.0 Å². The fourth-order valence-corrected chi connectivity index (χ4v) is 1.96. The van der Waals surface area contributed by atoms with Crippen molar-refractivity contribution in [2.75, 3.05) is 18.1 Å². The summed E-state index contributed by atoms with van der Waals surface area (Å²) in [5, 5.41) is 11.8. The first-order chi connectivity index (χ1) is 8.08. The molecule has 1 saturated heterocycles. The highest BCUT2D eigenvalue weighted by Crippen LogP contribution is 2.23. The van der Waals surface area contributed by atoms with Crippen molar-refractivity contribution in [3.63, 3.8) is 0 Å². The van der Waals surface area contributed by atoms with E-state index >= 15 is 0 Å². The number of aliphatic carboxylic acids is 1. The Morgan fingerprint density at radius 3 is 2.88 bits per heavy atom. The van der Waals surface area contributed by atoms with Gasteiger partial charge in [-0.1, -0.05) is 12.1 Å². The van der Waals surface area contributed by atoms with Crippen LogP contribution in [0.25, 0.3) is 0 Å². The summed E-state index contributed by atoms with van der Waals surface area (Å²) >= 11 is 0. The zero-order valence-electron chi connectivity index (χ0n) is 9.59. The molecular formula is C12H14N2O3. The van der Waals surface area contributed by atoms with Crippen LogP contribution in [0.1, 0.15) is 12.0 Å². The van der Waals surface area contributed by atoms with Gasteiger partial charge in [-0.3, -0.25) is 9.59 Å². The second kappa shape index (κ2) is 4.55. The standard InChI is InChI=1S/C12H14N2O3/c1-9-3-2-4-10(7-9)14-11(15)5-6-13(14)8-12(16)17/h2-4,7H,5-6,8H2,1H3,(H,16,17). The van der Waals surface area contributed by atoms with Crippen LogP contribution in [0.2, 0.25) is 0 Å². The molecule has 1 aromatic carbocycles. The van der Waals surface area contributed by atoms with Crippen LogP contribution in [0.15, 0.2) is 24.3 Å². The van der Waals surface area contributed by atoms with Gasteiger partial charge in [-0.15, -0.1) is 0 Å². The summed E-state index contributed by atoms with van der Waals surface area (Å²) < 4.78 is 0. The Morgan fingerprint density at radius 1 is 1.47 bits per heavy atom. The molecule has 0 saturated carbocycles. The Morgan fingerprint density at radius 2 is 2.24 bits per heavy atom. The van der Waals surface area contributed by atoms with Gasteiger partial charge in [0.1, 0.15) is 6.54 Å². The Labute approximate surface area is 99.2 Å². The highest BCUT2D eigenvalue weighted by molar-refractivity contribution is 5.95. The van der Waals surface area contributed by atoms with Gasteiger partial charge in [-0.05, 0) is 24.6 Å². The first kappa shape index (κ1) is 11.6. The summed E-state index contributed by atoms with van der Waals surface area (Å²) in [5.41, 5.74) is 1.77. The van der Waals surface area contributed by atoms with Gasteiger partial charge in [0.05, 0.1) is 5.69 Å². The van der Waals surface area contributed by atoms with Crippen LogP contribution in [-0.4, -0.2) is 35.1 Å². The molecule has 1 aliphatic heterocycles. The van der Waals surface area contributed by atoms with E-state index in [0.717, 1.165) is 11.3 Å². The van der Waals surface area contributed by atoms with Crippen LogP contribution in [0.4, 0.5) is 5.69 Å². The van der Waals surface area contributed by atoms with Crippen molar-refractivity contribution < 1.29 is 14.7 Å². The number of carboxylic acid groups (broad SMARTS) is 1. The Bertz CT molecular complexity index is 459. The number of hydrazine groups is 1. The predicted molar refractivity (Wildman–Crippen MR) is 62.5 cm³/mol. The Hall–Kier alpha value is -1.88. The third kappa shape index (κ3) is 2.45. The lowest BCUT2D eigenvalue weighted by Gasteiger charge is -2.26. The molecule has 0 atom stereocenters. The molecule has 1 fully saturated rings. The van der Waals surface area contributed by atoms with Crippen molar-refractivity contribution in [3.05, 3.63) is 29.8 Å². The first-order valence-electron chi connectivity index (χ1n) is 5.44. The van der Waals surface area contributed by atoms with E-state index in [1.54, 1.807) is 5.01 Å². The quantitative estimate of drug-likeness (QED) is 0.848. The molecule has 0 radical (unpaired) electrons. The van der Waals surface area contributed by atoms with Crippen LogP contribution < -0.4 is 5.01 Å². The minimum absolute atomic E-state index is 0.0585. The van der Waals surface area contributed by atoms with E-state index in [2.05, 4.69) is 0 Å². The second-order valence-electron chi connectivity index (χ2n) is 4.08. The summed E-state index contributed by atoms with van der Waals surface area (Å²) in [6.07, 6.45) is 0.362. The van der Waals surface area contributed by atoms with Crippen molar-refractivity contribution >= 4 is 17.6 Å². The third-order valence-electron chi connectivity index (χ3n) is 2.67. The second-order valence-corrected chi connectivity index (χ2v) is 4.08. The molecule has 1 amide bonds. The Balaban J connectivity index is 2.27. The molecule has 1 aliphatic rings. The van der Waals surface area contributed by atoms with E-state index in [9.17, 15) is 9.59 Å². The van der Waals surface area contributed by atoms with Crippen molar-refractivity contribution in [2.45, 2.75) is 13.3 Å². The molecule has 0 bridgehead atoms. The number of hydrogen-bond acceptors (Lipinski definition) is 3. The number of carboxylic acids is 1. The fourth-order valence-electron chi connectivity index (χ4n) is 1.96. The molecule has 90 valence electrons. The van der Waals surface area contributed by atoms with Gasteiger partial charge in [0.25, 0.3) is 0 Å². The number of hydrogen-bond donors (Lipinski definition) is 1. The molecule has 17 heavy (non-hydrogen) atoms. The summed E-state index contributed by atoms with van der Waals surface area (Å²) in [7, 11) is 0. The maximum Gasteiger partial charge on any atom is 0.319 e. The summed E-state index contributed by atoms with van der Waals surface area (Å²) in [6, 6.07) is 7.48. The normalized spacial score (nSPS) is 16.5. The molecule has 0 unspecified atom stereocenters. The molecular weight excluding hydrogens is 220 g/mol. The number of nitrogens with zero attached hydrogens (tertiary/aromatic N) is 2. The van der Waals surface area contributed by atoms with Crippen molar-refractivity contribution in [1.82, 2.24) is 5.01 Å². The van der Waals surface area contributed by atoms with Crippen LogP contribution in [0, 0.1) is 6.92 Å². The molecule has 2 rings (SSSR count). The van der Waals surface area contributed by atoms with Crippen molar-refractivity contribution in [3.8, 4) is 0 Å². The van der Waals surface area contributed by atoms with E-state index in [1.807, 2.05) is 31.2 Å². The number of anilines is 1. The van der Waals surface area contributed by atoms with Gasteiger partial charge >= 0.3 is 5.97 Å². The van der Waals surface area contributed by atoms with E-state index in [1.165, 1.54) is 5.01 Å². The largest absolute Gasteiger partial charge is 0.480 e. The SMILES string of the molecule is Cc1cccc(N2C(=O)CCN2CC(=O)O)c1. The topological polar surface area (TPSA) is 60.9 Å². The van der Waals surface area contributed by atoms with Gasteiger partial charge in [0.2, 0.25) is 5.91 Å². The van der Waals surface area contributed by atoms with Crippen molar-refractivity contribution in [2.24, 2.45) is 0 Å². The molecule has 1 heterocycles. The number of rotatable bonds is 3. The van der Waals surface area contributed by atoms with Gasteiger partial charge in [0, 0.05) is 13.0 Å². The monoisotopic (exact) mass is 234 g/mol. The highest BCUT2D eigenvalue weighted by Gasteiger charge is 2.31. The number of amides is 1. The average Bonchev–Trinajstić information content (AvgIpc) is 2.59. The number of carbonyl (C=O) groups is 2. The molecule has 5 heteroatoms. The van der Waals surface area contributed by atoms with Crippen LogP contribution >= 0.6 is 0 Å². The number of carbonyl (C=O) groups excluding carboxylic acids is 1. The molecule has 0 aromatic heterocycles. The van der Waals surface area contributed by atoms with E-state index in [0.29, 0.717) is 13.0 Å². The van der Waals surface area contributed by atoms with Gasteiger partial charge < -0.3 is 5.11 Å². The van der Waals surface area contributed by atoms with Gasteiger partial charge in [-0.2, -0.15) is 0 Å². The zero-order chi connectivity index (χ0) is 12.4. The number of aryl methyl sites for hydroxylation is 1. The van der Waals surface area contributed by atoms with Crippen LogP contribution in [-0.2, 0) is 9.59 Å². The molecule has 0 spiro atoms. The predicted octanol–water partition coefficient (Wildman–Crippen LogP) is 1.03. The Kier molecular flexibility index (Phi) is 3.10. The maximum absolute atomic E-state index is 11.8. The lowest BCUT2D eigenvalue weighted by atomic mass is 10.2. The zero-order valence-corrected chi connectivity index (χ0v) is 9.59. The molecule has 1 N–H and O–H groups in total. The van der Waals surface area contributed by atoms with Crippen molar-refractivity contribution in [1.29, 1.82) is 0 Å². The maximum atomic E-state index is 11.8. The lowest BCUT2D eigenvalue weighted by Crippen LogP contribution is -2.42. The number of benzene rings is 1. The molecule has 1 aromatic rings. The fraction of sp³-hybridized carbons (Fsp3) is 0.333. The average molecular weight is 234 g/mol. The summed E-state index contributed by atoms with van der Waals surface area (Å²) in [4.78, 5) is 22.5. The molecule has 5 nitrogen and oxygen atoms in total. The summed E-state index contributed by atoms with van der Waals surface area (Å²) in [6.45, 7) is 2.24. The minimum Gasteiger partial charge on any atom is -0.480 e. The molecule has 0 aliphatic carbocycles. The van der Waals surface area contributed by atoms with Crippen LogP contribution in [0.3, 0.4) is 0 Å². The third-order valence-corrected chi connectivity index (χ3v) is 2.67. The smallest absolute Gasteiger partial charge is 0.319 e. The summed E-state index contributed by atoms with van der Waals surface area (Å²) in [5.74, 6) is -0.991. The first-order valence-corrected chi connectivity index (χ1v) is 5.44. The van der Waals surface area contributed by atoms with Gasteiger partial charge in [0.15, 0.2) is 0 Å². The minimum atomic E-state index is -0.933. The van der Waals surface area contributed by atoms with E-state index in [4.69, 9.17) is 5.11 Å². The lowest BCUT2D eigenvalue weighted by molar-refractivity contribution is -0.138. The van der Waals surface area contributed by atoms with E-state index in [-0.39, 0.29) is 12.5 Å². The highest BCUT2D eigenvalue weighted by atomic mass is 16.4. The van der Waals surface area contributed by atoms with E-state index < -0.39 is 5.97 Å². The van der Waals surface area contributed by atoms with Crippen LogP contribution in [0.5, 0.6) is 0 Å².